The van der Waals surface area contributed by atoms with Crippen molar-refractivity contribution in [1.29, 1.82) is 0 Å². The number of aliphatic imine (C=N–C) groups is 1. The maximum atomic E-state index is 12.5. The Bertz CT molecular complexity index is 3270. The van der Waals surface area contributed by atoms with E-state index < -0.39 is 11.2 Å². The monoisotopic (exact) mass is 1290 g/mol. The van der Waals surface area contributed by atoms with E-state index in [2.05, 4.69) is 142 Å². The van der Waals surface area contributed by atoms with Gasteiger partial charge in [0.2, 0.25) is 0 Å². The van der Waals surface area contributed by atoms with E-state index in [-0.39, 0.29) is 24.3 Å². The van der Waals surface area contributed by atoms with Gasteiger partial charge in [-0.05, 0) is 160 Å². The Balaban J connectivity index is 0.000000152. The zero-order valence-electron chi connectivity index (χ0n) is 58.9. The number of carbonyl (C=O) groups excluding carboxylic acids is 2. The van der Waals surface area contributed by atoms with Gasteiger partial charge in [-0.1, -0.05) is 127 Å². The molecule has 0 bridgehead atoms. The van der Waals surface area contributed by atoms with Gasteiger partial charge in [0.1, 0.15) is 11.2 Å². The van der Waals surface area contributed by atoms with E-state index >= 15 is 0 Å². The van der Waals surface area contributed by atoms with E-state index in [1.165, 1.54) is 84.9 Å². The second kappa shape index (κ2) is 35.9. The molecule has 5 aromatic heterocycles. The Morgan fingerprint density at radius 1 is 0.500 bits per heavy atom. The summed E-state index contributed by atoms with van der Waals surface area (Å²) in [5.41, 5.74) is 8.86. The number of aromatic nitrogens is 10. The molecule has 0 radical (unpaired) electrons. The van der Waals surface area contributed by atoms with Crippen molar-refractivity contribution in [2.24, 2.45) is 41.6 Å². The number of aryl methyl sites for hydroxylation is 1. The van der Waals surface area contributed by atoms with Gasteiger partial charge in [0.15, 0.2) is 0 Å². The van der Waals surface area contributed by atoms with Crippen LogP contribution in [-0.4, -0.2) is 121 Å². The summed E-state index contributed by atoms with van der Waals surface area (Å²) < 4.78 is 17.0. The molecule has 1 unspecified atom stereocenters. The fourth-order valence-electron chi connectivity index (χ4n) is 13.2. The molecule has 19 nitrogen and oxygen atoms in total. The van der Waals surface area contributed by atoms with Gasteiger partial charge in [0, 0.05) is 103 Å². The highest BCUT2D eigenvalue weighted by Gasteiger charge is 2.37. The van der Waals surface area contributed by atoms with Gasteiger partial charge in [-0.15, -0.1) is 0 Å². The second-order valence-electron chi connectivity index (χ2n) is 28.6. The van der Waals surface area contributed by atoms with E-state index in [0.29, 0.717) is 23.9 Å². The summed E-state index contributed by atoms with van der Waals surface area (Å²) >= 11 is 0. The van der Waals surface area contributed by atoms with Crippen LogP contribution in [0.3, 0.4) is 0 Å². The molecule has 10 heterocycles. The fraction of sp³-hybridized carbons (Fsp3) is 0.600. The highest BCUT2D eigenvalue weighted by atomic mass is 16.6. The van der Waals surface area contributed by atoms with Crippen LogP contribution in [0.4, 0.5) is 9.59 Å². The molecule has 94 heavy (non-hydrogen) atoms. The molecule has 9 atom stereocenters. The molecule has 2 aromatic carbocycles. The van der Waals surface area contributed by atoms with Crippen LogP contribution in [0, 0.1) is 29.6 Å². The number of nitrogens with zero attached hydrogens (tertiary/aromatic N) is 11. The van der Waals surface area contributed by atoms with Gasteiger partial charge < -0.3 is 29.9 Å². The summed E-state index contributed by atoms with van der Waals surface area (Å²) in [5.74, 6) is 3.63. The largest absolute Gasteiger partial charge is 0.444 e. The van der Waals surface area contributed by atoms with E-state index in [0.717, 1.165) is 120 Å². The zero-order chi connectivity index (χ0) is 67.0. The van der Waals surface area contributed by atoms with Crippen molar-refractivity contribution in [1.82, 2.24) is 70.2 Å². The molecule has 5 aliphatic heterocycles. The Morgan fingerprint density at radius 2 is 0.968 bits per heavy atom. The number of benzene rings is 2. The van der Waals surface area contributed by atoms with Crippen LogP contribution in [0.15, 0.2) is 128 Å². The summed E-state index contributed by atoms with van der Waals surface area (Å²) in [6, 6.07) is 22.1. The van der Waals surface area contributed by atoms with E-state index in [4.69, 9.17) is 14.5 Å². The van der Waals surface area contributed by atoms with Crippen LogP contribution in [0.1, 0.15) is 236 Å². The van der Waals surface area contributed by atoms with E-state index in [9.17, 15) is 9.59 Å². The van der Waals surface area contributed by atoms with E-state index in [1.54, 1.807) is 10.9 Å². The first-order valence-corrected chi connectivity index (χ1v) is 35.4. The van der Waals surface area contributed by atoms with Gasteiger partial charge >= 0.3 is 12.2 Å². The van der Waals surface area contributed by atoms with Crippen molar-refractivity contribution >= 4 is 17.9 Å². The lowest BCUT2D eigenvalue weighted by atomic mass is 9.89. The molecule has 12 rings (SSSR count). The minimum atomic E-state index is -0.463. The molecular weight excluding hydrogens is 1170 g/mol. The van der Waals surface area contributed by atoms with Crippen LogP contribution in [0.2, 0.25) is 0 Å². The van der Waals surface area contributed by atoms with Gasteiger partial charge in [-0.3, -0.25) is 29.2 Å². The normalized spacial score (nSPS) is 23.1. The second-order valence-corrected chi connectivity index (χ2v) is 28.6. The molecule has 0 aliphatic carbocycles. The maximum absolute atomic E-state index is 12.5. The van der Waals surface area contributed by atoms with E-state index in [1.807, 2.05) is 123 Å². The molecule has 2 amide bonds. The highest BCUT2D eigenvalue weighted by molar-refractivity contribution is 6.00. The van der Waals surface area contributed by atoms with Crippen molar-refractivity contribution in [2.45, 2.75) is 221 Å². The molecule has 4 N–H and O–H groups in total. The number of rotatable bonds is 14. The third kappa shape index (κ3) is 22.7. The number of ether oxygens (including phenoxy) is 2. The summed E-state index contributed by atoms with van der Waals surface area (Å²) in [7, 11) is 1.90. The minimum absolute atomic E-state index is 0.0754. The molecule has 0 saturated carbocycles. The number of aromatic amines is 2. The number of hydrogen-bond acceptors (Lipinski definition) is 12. The van der Waals surface area contributed by atoms with Crippen molar-refractivity contribution in [3.05, 3.63) is 162 Å². The predicted octanol–water partition coefficient (Wildman–Crippen LogP) is 15.8. The number of H-pyrrole nitrogens is 2. The third-order valence-corrected chi connectivity index (χ3v) is 19.2. The molecule has 19 heteroatoms. The van der Waals surface area contributed by atoms with Gasteiger partial charge in [0.05, 0.1) is 56.2 Å². The zero-order valence-corrected chi connectivity index (χ0v) is 58.9. The molecule has 4 saturated heterocycles. The standard InChI is InChI=1S/C17H23N3.C17H21N3.C16H27N3O2.C15H25N3O2.C10H17N3/c2*1-2-14-8-9-17(18-10-14)16-11-19-20(13-16)12-15-6-4-3-5-7-15;1-6-12-7-8-14(13-9-17-18(5)11-13)19(10-12)15(20)21-16(2,3)4;1-5-11-6-7-13(12-8-16-17-9-12)18(10-11)14(19)20-15(2,3)4;1-2-8-3-4-10(11-5-8)9-6-12-13-7-9/h3-7,11,13-14,17-18H,2,8-10,12H2,1H3;3-7,11,13-14H,2,8-10,12H2,1H3;9,11-12,14H,6-8,10H2,1-5H3;8-9,11,13H,5-7,10H2,1-4H3,(H,16,17);6-8,10-11H,2-5H2,1H3,(H,12,13)/t14-,17+;;12-,14+;11-,13+;8-,10+/m1.111/s1. The minimum Gasteiger partial charge on any atom is -0.444 e. The predicted molar refractivity (Wildman–Crippen MR) is 375 cm³/mol. The van der Waals surface area contributed by atoms with Crippen LogP contribution in [0.25, 0.3) is 0 Å². The Morgan fingerprint density at radius 3 is 1.40 bits per heavy atom. The average Bonchev–Trinajstić information content (AvgIpc) is 1.36. The molecule has 0 spiro atoms. The molecule has 5 aliphatic rings. The summed E-state index contributed by atoms with van der Waals surface area (Å²) in [6.45, 7) is 29.1. The van der Waals surface area contributed by atoms with Gasteiger partial charge in [0.25, 0.3) is 0 Å². The summed E-state index contributed by atoms with van der Waals surface area (Å²) in [6.07, 6.45) is 37.0. The number of hydrogen-bond donors (Lipinski definition) is 4. The lowest BCUT2D eigenvalue weighted by molar-refractivity contribution is 0.00130. The first kappa shape index (κ1) is 72.4. The van der Waals surface area contributed by atoms with Crippen molar-refractivity contribution in [3.8, 4) is 0 Å². The number of likely N-dealkylation sites (tertiary alicyclic amines) is 2. The fourth-order valence-corrected chi connectivity index (χ4v) is 13.2. The lowest BCUT2D eigenvalue weighted by Gasteiger charge is -2.39. The molecule has 7 aromatic rings. The smallest absolute Gasteiger partial charge is 0.410 e. The number of carbonyl (C=O) groups is 2. The van der Waals surface area contributed by atoms with Gasteiger partial charge in [-0.25, -0.2) is 9.59 Å². The number of piperidine rings is 4. The first-order chi connectivity index (χ1) is 45.3. The van der Waals surface area contributed by atoms with Crippen LogP contribution in [-0.2, 0) is 29.6 Å². The SMILES string of the molecule is CCC1CCC(c2cnn(Cc3ccccc3)c2)=NC1.CC[C@@H]1CC[C@@H](c2cn[nH]c2)N(C(=O)OC(C)(C)C)C1.CC[C@@H]1CC[C@@H](c2cn[nH]c2)NC1.CC[C@@H]1CC[C@@H](c2cnn(C)c2)N(C(=O)OC(C)(C)C)C1.CC[C@@H]1CC[C@@H](c2cnn(Cc3ccccc3)c2)NC1. The topological polar surface area (TPSA) is 206 Å². The van der Waals surface area contributed by atoms with Crippen LogP contribution >= 0.6 is 0 Å². The number of nitrogens with one attached hydrogen (secondary N) is 4. The Kier molecular flexibility index (Phi) is 27.7. The molecule has 4 fully saturated rings. The van der Waals surface area contributed by atoms with Gasteiger partial charge in [-0.2, -0.15) is 25.5 Å². The molecule has 512 valence electrons. The highest BCUT2D eigenvalue weighted by Crippen LogP contribution is 2.37. The lowest BCUT2D eigenvalue weighted by Crippen LogP contribution is -2.44. The number of amides is 2. The van der Waals surface area contributed by atoms with Crippen molar-refractivity contribution in [3.63, 3.8) is 0 Å². The quantitative estimate of drug-likeness (QED) is 0.0806. The maximum Gasteiger partial charge on any atom is 0.410 e. The van der Waals surface area contributed by atoms with Crippen LogP contribution < -0.4 is 10.6 Å². The Labute approximate surface area is 561 Å². The first-order valence-electron chi connectivity index (χ1n) is 35.4. The van der Waals surface area contributed by atoms with Crippen molar-refractivity contribution in [2.75, 3.05) is 32.7 Å². The third-order valence-electron chi connectivity index (χ3n) is 19.2. The summed E-state index contributed by atoms with van der Waals surface area (Å²) in [4.78, 5) is 33.5. The average molecular weight is 1290 g/mol. The molecular formula is C75H113N15O4. The summed E-state index contributed by atoms with van der Waals surface area (Å²) in [5, 5.41) is 34.1. The van der Waals surface area contributed by atoms with Crippen LogP contribution in [0.5, 0.6) is 0 Å². The van der Waals surface area contributed by atoms with Crippen molar-refractivity contribution < 1.29 is 19.1 Å². The Hall–Kier alpha value is -7.38.